The summed E-state index contributed by atoms with van der Waals surface area (Å²) in [4.78, 5) is 26.6. The maximum atomic E-state index is 13.0. The van der Waals surface area contributed by atoms with E-state index >= 15 is 0 Å². The van der Waals surface area contributed by atoms with E-state index in [1.807, 2.05) is 6.92 Å². The number of likely N-dealkylation sites (N-methyl/N-ethyl adjacent to an activating group) is 1. The maximum absolute atomic E-state index is 13.0. The zero-order valence-electron chi connectivity index (χ0n) is 15.5. The minimum atomic E-state index is -0.693. The van der Waals surface area contributed by atoms with Gasteiger partial charge in [-0.2, -0.15) is 0 Å². The van der Waals surface area contributed by atoms with Gasteiger partial charge in [0, 0.05) is 23.6 Å². The van der Waals surface area contributed by atoms with Crippen LogP contribution in [0.2, 0.25) is 10.0 Å². The van der Waals surface area contributed by atoms with Crippen LogP contribution in [0.5, 0.6) is 5.75 Å². The van der Waals surface area contributed by atoms with Crippen LogP contribution in [0.15, 0.2) is 42.5 Å². The van der Waals surface area contributed by atoms with E-state index in [1.54, 1.807) is 18.2 Å². The standard InChI is InChI=1S/C20H21Cl2FN2O3/c1-3-18(20(27)24-2)25(11-13-4-5-14(21)10-17(13)22)19(26)12-28-16-8-6-15(23)7-9-16/h4-10,18H,3,11-12H2,1-2H3,(H,24,27)/t18-/m0/s1. The molecule has 28 heavy (non-hydrogen) atoms. The summed E-state index contributed by atoms with van der Waals surface area (Å²) in [5.41, 5.74) is 0.656. The lowest BCUT2D eigenvalue weighted by Crippen LogP contribution is -2.49. The van der Waals surface area contributed by atoms with Gasteiger partial charge in [-0.3, -0.25) is 9.59 Å². The van der Waals surface area contributed by atoms with Crippen molar-refractivity contribution in [2.24, 2.45) is 0 Å². The first-order valence-corrected chi connectivity index (χ1v) is 9.44. The third-order valence-corrected chi connectivity index (χ3v) is 4.75. The molecule has 0 unspecified atom stereocenters. The average Bonchev–Trinajstić information content (AvgIpc) is 2.68. The second-order valence-corrected chi connectivity index (χ2v) is 6.88. The molecule has 2 aromatic carbocycles. The van der Waals surface area contributed by atoms with Crippen molar-refractivity contribution in [3.63, 3.8) is 0 Å². The van der Waals surface area contributed by atoms with Crippen molar-refractivity contribution in [2.45, 2.75) is 25.9 Å². The molecule has 0 saturated carbocycles. The van der Waals surface area contributed by atoms with Crippen molar-refractivity contribution in [2.75, 3.05) is 13.7 Å². The van der Waals surface area contributed by atoms with Gasteiger partial charge in [0.05, 0.1) is 0 Å². The Morgan fingerprint density at radius 3 is 2.43 bits per heavy atom. The first-order chi connectivity index (χ1) is 13.3. The molecule has 0 radical (unpaired) electrons. The minimum Gasteiger partial charge on any atom is -0.484 e. The van der Waals surface area contributed by atoms with Gasteiger partial charge in [0.15, 0.2) is 6.61 Å². The Morgan fingerprint density at radius 2 is 1.86 bits per heavy atom. The van der Waals surface area contributed by atoms with Crippen LogP contribution in [0.3, 0.4) is 0 Å². The van der Waals surface area contributed by atoms with Crippen molar-refractivity contribution >= 4 is 35.0 Å². The van der Waals surface area contributed by atoms with Crippen LogP contribution < -0.4 is 10.1 Å². The van der Waals surface area contributed by atoms with E-state index in [0.717, 1.165) is 0 Å². The summed E-state index contributed by atoms with van der Waals surface area (Å²) in [6.07, 6.45) is 0.410. The number of ether oxygens (including phenoxy) is 1. The van der Waals surface area contributed by atoms with Crippen LogP contribution in [0.1, 0.15) is 18.9 Å². The highest BCUT2D eigenvalue weighted by molar-refractivity contribution is 6.35. The number of benzene rings is 2. The zero-order valence-corrected chi connectivity index (χ0v) is 17.1. The molecule has 150 valence electrons. The van der Waals surface area contributed by atoms with Crippen molar-refractivity contribution in [1.29, 1.82) is 0 Å². The van der Waals surface area contributed by atoms with E-state index in [1.165, 1.54) is 36.2 Å². The number of rotatable bonds is 8. The fourth-order valence-corrected chi connectivity index (χ4v) is 3.15. The fraction of sp³-hybridized carbons (Fsp3) is 0.300. The molecular weight excluding hydrogens is 406 g/mol. The third kappa shape index (κ3) is 5.84. The van der Waals surface area contributed by atoms with E-state index in [-0.39, 0.29) is 19.1 Å². The maximum Gasteiger partial charge on any atom is 0.261 e. The van der Waals surface area contributed by atoms with E-state index in [4.69, 9.17) is 27.9 Å². The van der Waals surface area contributed by atoms with Gasteiger partial charge in [0.1, 0.15) is 17.6 Å². The highest BCUT2D eigenvalue weighted by atomic mass is 35.5. The summed E-state index contributed by atoms with van der Waals surface area (Å²) in [6.45, 7) is 1.63. The van der Waals surface area contributed by atoms with Gasteiger partial charge < -0.3 is 15.0 Å². The molecular formula is C20H21Cl2FN2O3. The summed E-state index contributed by atoms with van der Waals surface area (Å²) < 4.78 is 18.5. The first-order valence-electron chi connectivity index (χ1n) is 8.69. The highest BCUT2D eigenvalue weighted by Crippen LogP contribution is 2.24. The Kier molecular flexibility index (Phi) is 8.08. The van der Waals surface area contributed by atoms with Gasteiger partial charge >= 0.3 is 0 Å². The molecule has 0 aliphatic carbocycles. The Bertz CT molecular complexity index is 831. The predicted molar refractivity (Wildman–Crippen MR) is 107 cm³/mol. The largest absolute Gasteiger partial charge is 0.484 e. The minimum absolute atomic E-state index is 0.119. The van der Waals surface area contributed by atoms with Gasteiger partial charge in [0.2, 0.25) is 5.91 Å². The van der Waals surface area contributed by atoms with Crippen molar-refractivity contribution in [1.82, 2.24) is 10.2 Å². The van der Waals surface area contributed by atoms with Gasteiger partial charge in [-0.05, 0) is 48.4 Å². The first kappa shape index (κ1) is 22.0. The average molecular weight is 427 g/mol. The number of nitrogens with zero attached hydrogens (tertiary/aromatic N) is 1. The molecule has 0 heterocycles. The molecule has 1 N–H and O–H groups in total. The van der Waals surface area contributed by atoms with E-state index in [2.05, 4.69) is 5.32 Å². The zero-order chi connectivity index (χ0) is 20.7. The smallest absolute Gasteiger partial charge is 0.261 e. The number of hydrogen-bond donors (Lipinski definition) is 1. The second-order valence-electron chi connectivity index (χ2n) is 6.04. The van der Waals surface area contributed by atoms with Crippen molar-refractivity contribution < 1.29 is 18.7 Å². The number of carbonyl (C=O) groups excluding carboxylic acids is 2. The van der Waals surface area contributed by atoms with Crippen LogP contribution in [0.25, 0.3) is 0 Å². The normalized spacial score (nSPS) is 11.6. The number of nitrogens with one attached hydrogen (secondary N) is 1. The van der Waals surface area contributed by atoms with E-state index in [9.17, 15) is 14.0 Å². The number of carbonyl (C=O) groups is 2. The highest BCUT2D eigenvalue weighted by Gasteiger charge is 2.28. The molecule has 8 heteroatoms. The number of hydrogen-bond acceptors (Lipinski definition) is 3. The molecule has 0 saturated heterocycles. The summed E-state index contributed by atoms with van der Waals surface area (Å²) in [5, 5.41) is 3.45. The molecule has 0 aromatic heterocycles. The summed E-state index contributed by atoms with van der Waals surface area (Å²) in [6, 6.07) is 9.61. The molecule has 1 atom stereocenters. The van der Waals surface area contributed by atoms with Gasteiger partial charge in [-0.15, -0.1) is 0 Å². The quantitative estimate of drug-likeness (QED) is 0.691. The van der Waals surface area contributed by atoms with Crippen LogP contribution in [0, 0.1) is 5.82 Å². The SMILES string of the molecule is CC[C@@H](C(=O)NC)N(Cc1ccc(Cl)cc1Cl)C(=O)COc1ccc(F)cc1. The molecule has 0 aliphatic rings. The molecule has 0 spiro atoms. The van der Waals surface area contributed by atoms with Gasteiger partial charge in [-0.25, -0.2) is 4.39 Å². The number of amides is 2. The summed E-state index contributed by atoms with van der Waals surface area (Å²) in [7, 11) is 1.51. The predicted octanol–water partition coefficient (Wildman–Crippen LogP) is 4.06. The Balaban J connectivity index is 2.21. The molecule has 5 nitrogen and oxygen atoms in total. The van der Waals surface area contributed by atoms with Crippen LogP contribution in [-0.4, -0.2) is 36.4 Å². The Hall–Kier alpha value is -2.31. The molecule has 0 bridgehead atoms. The summed E-state index contributed by atoms with van der Waals surface area (Å²) >= 11 is 12.2. The van der Waals surface area contributed by atoms with Crippen molar-refractivity contribution in [3.8, 4) is 5.75 Å². The lowest BCUT2D eigenvalue weighted by atomic mass is 10.1. The Labute approximate surface area is 173 Å². The lowest BCUT2D eigenvalue weighted by molar-refractivity contribution is -0.142. The molecule has 2 aromatic rings. The van der Waals surface area contributed by atoms with E-state index < -0.39 is 17.8 Å². The number of halogens is 3. The molecule has 2 rings (SSSR count). The third-order valence-electron chi connectivity index (χ3n) is 4.16. The van der Waals surface area contributed by atoms with E-state index in [0.29, 0.717) is 27.8 Å². The molecule has 0 fully saturated rings. The topological polar surface area (TPSA) is 58.6 Å². The Morgan fingerprint density at radius 1 is 1.18 bits per heavy atom. The van der Waals surface area contributed by atoms with Gasteiger partial charge in [0.25, 0.3) is 5.91 Å². The van der Waals surface area contributed by atoms with Gasteiger partial charge in [-0.1, -0.05) is 36.2 Å². The molecule has 2 amide bonds. The second kappa shape index (κ2) is 10.3. The van der Waals surface area contributed by atoms with Crippen LogP contribution >= 0.6 is 23.2 Å². The van der Waals surface area contributed by atoms with Crippen molar-refractivity contribution in [3.05, 3.63) is 63.9 Å². The lowest BCUT2D eigenvalue weighted by Gasteiger charge is -2.30. The fourth-order valence-electron chi connectivity index (χ4n) is 2.68. The van der Waals surface area contributed by atoms with Crippen LogP contribution in [0.4, 0.5) is 4.39 Å². The monoisotopic (exact) mass is 426 g/mol. The summed E-state index contributed by atoms with van der Waals surface area (Å²) in [5.74, 6) is -0.732. The molecule has 0 aliphatic heterocycles. The van der Waals surface area contributed by atoms with Crippen LogP contribution in [-0.2, 0) is 16.1 Å².